The van der Waals surface area contributed by atoms with E-state index in [0.29, 0.717) is 10.9 Å². The molecule has 5 heteroatoms. The molecule has 1 aliphatic heterocycles. The van der Waals surface area contributed by atoms with Crippen LogP contribution in [0.15, 0.2) is 115 Å². The number of carbonyl (C=O) groups is 1. The Hall–Kier alpha value is -3.96. The molecular weight excluding hydrogens is 416 g/mol. The minimum Gasteiger partial charge on any atom is -0.457 e. The fourth-order valence-electron chi connectivity index (χ4n) is 3.98. The van der Waals surface area contributed by atoms with Gasteiger partial charge in [-0.3, -0.25) is 9.69 Å². The first-order valence-corrected chi connectivity index (χ1v) is 10.7. The number of ether oxygens (including phenoxy) is 1. The maximum atomic E-state index is 14.0. The van der Waals surface area contributed by atoms with Gasteiger partial charge in [-0.15, -0.1) is 0 Å². The Morgan fingerprint density at radius 1 is 0.656 bits per heavy atom. The molecule has 156 valence electrons. The van der Waals surface area contributed by atoms with E-state index in [4.69, 9.17) is 17.0 Å². The summed E-state index contributed by atoms with van der Waals surface area (Å²) in [5, 5.41) is 3.70. The Bertz CT molecular complexity index is 1250. The minimum absolute atomic E-state index is 0.142. The number of amides is 1. The van der Waals surface area contributed by atoms with E-state index in [1.54, 1.807) is 4.90 Å². The number of benzene rings is 4. The van der Waals surface area contributed by atoms with Crippen molar-refractivity contribution in [1.29, 1.82) is 0 Å². The van der Waals surface area contributed by atoms with Crippen molar-refractivity contribution in [3.63, 3.8) is 0 Å². The van der Waals surface area contributed by atoms with E-state index >= 15 is 0 Å². The van der Waals surface area contributed by atoms with Crippen LogP contribution >= 0.6 is 12.2 Å². The van der Waals surface area contributed by atoms with Gasteiger partial charge in [0.25, 0.3) is 5.91 Å². The molecule has 4 nitrogen and oxygen atoms in total. The normalized spacial score (nSPS) is 17.8. The molecule has 0 aliphatic carbocycles. The zero-order chi connectivity index (χ0) is 22.0. The summed E-state index contributed by atoms with van der Waals surface area (Å²) in [6, 6.07) is 36.3. The number of nitrogens with zero attached hydrogens (tertiary/aromatic N) is 1. The van der Waals surface area contributed by atoms with E-state index in [2.05, 4.69) is 5.32 Å². The number of para-hydroxylation sites is 2. The first kappa shape index (κ1) is 20.0. The molecule has 1 heterocycles. The second-order valence-electron chi connectivity index (χ2n) is 7.46. The van der Waals surface area contributed by atoms with Gasteiger partial charge in [0, 0.05) is 0 Å². The smallest absolute Gasteiger partial charge is 0.268 e. The van der Waals surface area contributed by atoms with Crippen LogP contribution in [0.4, 0.5) is 5.69 Å². The molecule has 0 saturated carbocycles. The largest absolute Gasteiger partial charge is 0.457 e. The highest BCUT2D eigenvalue weighted by atomic mass is 32.1. The van der Waals surface area contributed by atoms with Crippen molar-refractivity contribution in [2.24, 2.45) is 0 Å². The van der Waals surface area contributed by atoms with E-state index < -0.39 is 5.54 Å². The van der Waals surface area contributed by atoms with Gasteiger partial charge in [0.2, 0.25) is 0 Å². The van der Waals surface area contributed by atoms with Crippen molar-refractivity contribution in [3.8, 4) is 11.5 Å². The highest BCUT2D eigenvalue weighted by Crippen LogP contribution is 2.39. The molecule has 4 aromatic carbocycles. The Balaban J connectivity index is 1.57. The van der Waals surface area contributed by atoms with Gasteiger partial charge in [-0.1, -0.05) is 78.9 Å². The predicted octanol–water partition coefficient (Wildman–Crippen LogP) is 5.64. The van der Waals surface area contributed by atoms with Crippen LogP contribution in [0.25, 0.3) is 0 Å². The molecule has 1 N–H and O–H groups in total. The van der Waals surface area contributed by atoms with Crippen LogP contribution in [0, 0.1) is 0 Å². The second-order valence-corrected chi connectivity index (χ2v) is 7.85. The van der Waals surface area contributed by atoms with Crippen molar-refractivity contribution in [1.82, 2.24) is 5.32 Å². The van der Waals surface area contributed by atoms with Crippen LogP contribution in [0.3, 0.4) is 0 Å². The zero-order valence-corrected chi connectivity index (χ0v) is 18.0. The van der Waals surface area contributed by atoms with Crippen LogP contribution in [-0.4, -0.2) is 11.0 Å². The lowest BCUT2D eigenvalue weighted by Crippen LogP contribution is -2.45. The quantitative estimate of drug-likeness (QED) is 0.411. The van der Waals surface area contributed by atoms with Crippen molar-refractivity contribution in [3.05, 3.63) is 126 Å². The van der Waals surface area contributed by atoms with Gasteiger partial charge in [-0.2, -0.15) is 0 Å². The summed E-state index contributed by atoms with van der Waals surface area (Å²) in [5.41, 5.74) is 1.22. The van der Waals surface area contributed by atoms with Gasteiger partial charge < -0.3 is 10.1 Å². The number of anilines is 1. The SMILES string of the molecule is O=C1N(c2ccccc2)C(=S)NC1(c1ccccc1)c1ccc(Oc2ccccc2)cc1. The van der Waals surface area contributed by atoms with Crippen molar-refractivity contribution < 1.29 is 9.53 Å². The third-order valence-electron chi connectivity index (χ3n) is 5.51. The highest BCUT2D eigenvalue weighted by Gasteiger charge is 2.52. The zero-order valence-electron chi connectivity index (χ0n) is 17.1. The third-order valence-corrected chi connectivity index (χ3v) is 5.79. The summed E-state index contributed by atoms with van der Waals surface area (Å²) in [6.45, 7) is 0. The molecule has 32 heavy (non-hydrogen) atoms. The van der Waals surface area contributed by atoms with Gasteiger partial charge in [-0.25, -0.2) is 0 Å². The Morgan fingerprint density at radius 2 is 1.16 bits per heavy atom. The molecule has 4 aromatic rings. The number of hydrogen-bond donors (Lipinski definition) is 1. The number of carbonyl (C=O) groups excluding carboxylic acids is 1. The molecule has 0 spiro atoms. The maximum Gasteiger partial charge on any atom is 0.268 e. The Kier molecular flexibility index (Phi) is 5.17. The fraction of sp³-hybridized carbons (Fsp3) is 0.0370. The van der Waals surface area contributed by atoms with E-state index in [1.165, 1.54) is 0 Å². The monoisotopic (exact) mass is 436 g/mol. The Morgan fingerprint density at radius 3 is 1.78 bits per heavy atom. The topological polar surface area (TPSA) is 41.6 Å². The second kappa shape index (κ2) is 8.29. The maximum absolute atomic E-state index is 14.0. The number of hydrogen-bond acceptors (Lipinski definition) is 3. The highest BCUT2D eigenvalue weighted by molar-refractivity contribution is 7.80. The predicted molar refractivity (Wildman–Crippen MR) is 130 cm³/mol. The van der Waals surface area contributed by atoms with Crippen LogP contribution in [0.1, 0.15) is 11.1 Å². The first-order chi connectivity index (χ1) is 15.7. The summed E-state index contributed by atoms with van der Waals surface area (Å²) in [4.78, 5) is 15.5. The lowest BCUT2D eigenvalue weighted by molar-refractivity contribution is -0.121. The molecule has 0 aromatic heterocycles. The van der Waals surface area contributed by atoms with Crippen molar-refractivity contribution in [2.45, 2.75) is 5.54 Å². The van der Waals surface area contributed by atoms with E-state index in [1.807, 2.05) is 115 Å². The van der Waals surface area contributed by atoms with Gasteiger partial charge in [-0.05, 0) is 59.7 Å². The number of rotatable bonds is 5. The number of nitrogens with one attached hydrogen (secondary N) is 1. The Labute approximate surface area is 192 Å². The molecule has 1 aliphatic rings. The molecule has 1 atom stereocenters. The lowest BCUT2D eigenvalue weighted by atomic mass is 9.82. The summed E-state index contributed by atoms with van der Waals surface area (Å²) in [7, 11) is 0. The molecule has 1 saturated heterocycles. The molecule has 1 fully saturated rings. The van der Waals surface area contributed by atoms with Crippen LogP contribution in [0.2, 0.25) is 0 Å². The molecule has 1 amide bonds. The molecule has 5 rings (SSSR count). The van der Waals surface area contributed by atoms with Gasteiger partial charge >= 0.3 is 0 Å². The summed E-state index contributed by atoms with van der Waals surface area (Å²) in [6.07, 6.45) is 0. The molecule has 0 radical (unpaired) electrons. The fourth-order valence-corrected chi connectivity index (χ4v) is 4.33. The van der Waals surface area contributed by atoms with E-state index in [-0.39, 0.29) is 5.91 Å². The standard InChI is InChI=1S/C27H20N2O2S/c30-25-27(20-10-4-1-5-11-20,28-26(32)29(25)22-12-6-2-7-13-22)21-16-18-24(19-17-21)31-23-14-8-3-9-15-23/h1-19H,(H,28,32). The van der Waals surface area contributed by atoms with Crippen molar-refractivity contribution >= 4 is 28.9 Å². The van der Waals surface area contributed by atoms with Gasteiger partial charge in [0.1, 0.15) is 11.5 Å². The van der Waals surface area contributed by atoms with E-state index in [9.17, 15) is 4.79 Å². The van der Waals surface area contributed by atoms with E-state index in [0.717, 1.165) is 22.6 Å². The average Bonchev–Trinajstić information content (AvgIpc) is 3.12. The van der Waals surface area contributed by atoms with Crippen LogP contribution in [0.5, 0.6) is 11.5 Å². The third kappa shape index (κ3) is 3.43. The van der Waals surface area contributed by atoms with Gasteiger partial charge in [0.15, 0.2) is 10.7 Å². The molecular formula is C27H20N2O2S. The van der Waals surface area contributed by atoms with Crippen LogP contribution in [-0.2, 0) is 10.3 Å². The summed E-state index contributed by atoms with van der Waals surface area (Å²) in [5.74, 6) is 1.30. The summed E-state index contributed by atoms with van der Waals surface area (Å²) >= 11 is 5.63. The molecule has 0 bridgehead atoms. The summed E-state index contributed by atoms with van der Waals surface area (Å²) < 4.78 is 5.93. The van der Waals surface area contributed by atoms with Gasteiger partial charge in [0.05, 0.1) is 5.69 Å². The first-order valence-electron chi connectivity index (χ1n) is 10.3. The lowest BCUT2D eigenvalue weighted by Gasteiger charge is -2.28. The average molecular weight is 437 g/mol. The minimum atomic E-state index is -1.13. The van der Waals surface area contributed by atoms with Crippen LogP contribution < -0.4 is 15.0 Å². The molecule has 1 unspecified atom stereocenters. The van der Waals surface area contributed by atoms with Crippen molar-refractivity contribution in [2.75, 3.05) is 4.90 Å². The number of thiocarbonyl (C=S) groups is 1.